The number of hydrogen-bond acceptors (Lipinski definition) is 4. The van der Waals surface area contributed by atoms with E-state index >= 15 is 0 Å². The molecule has 3 heterocycles. The number of aryl methyl sites for hydroxylation is 1. The monoisotopic (exact) mass is 303 g/mol. The number of amides is 1. The average molecular weight is 303 g/mol. The molecule has 1 fully saturated rings. The van der Waals surface area contributed by atoms with Gasteiger partial charge in [0.05, 0.1) is 12.3 Å². The van der Waals surface area contributed by atoms with Gasteiger partial charge in [-0.3, -0.25) is 4.79 Å². The number of carbonyl (C=O) groups is 1. The highest BCUT2D eigenvalue weighted by Crippen LogP contribution is 2.26. The summed E-state index contributed by atoms with van der Waals surface area (Å²) in [6, 6.07) is 3.69. The average Bonchev–Trinajstić information content (AvgIpc) is 3.17. The standard InChI is InChI=1S/C16H21N3O3/c1-12-9-17-15(11-21-2)19(12)13-5-3-7-18(10-13)16(20)14-6-4-8-22-14/h4,6,8-9,13H,3,5,7,10-11H2,1-2H3. The molecule has 0 N–H and O–H groups in total. The Balaban J connectivity index is 1.79. The topological polar surface area (TPSA) is 60.5 Å². The van der Waals surface area contributed by atoms with Crippen LogP contribution in [0.2, 0.25) is 0 Å². The smallest absolute Gasteiger partial charge is 0.289 e. The Morgan fingerprint density at radius 2 is 2.41 bits per heavy atom. The third-order valence-corrected chi connectivity index (χ3v) is 4.11. The molecule has 3 rings (SSSR count). The lowest BCUT2D eigenvalue weighted by Crippen LogP contribution is -2.41. The zero-order valence-corrected chi connectivity index (χ0v) is 13.0. The van der Waals surface area contributed by atoms with Gasteiger partial charge >= 0.3 is 0 Å². The van der Waals surface area contributed by atoms with Crippen LogP contribution in [-0.4, -0.2) is 40.6 Å². The Labute approximate surface area is 129 Å². The summed E-state index contributed by atoms with van der Waals surface area (Å²) in [5, 5.41) is 0. The summed E-state index contributed by atoms with van der Waals surface area (Å²) in [7, 11) is 1.67. The van der Waals surface area contributed by atoms with Crippen molar-refractivity contribution in [2.75, 3.05) is 20.2 Å². The van der Waals surface area contributed by atoms with Crippen LogP contribution in [0.3, 0.4) is 0 Å². The fraction of sp³-hybridized carbons (Fsp3) is 0.500. The van der Waals surface area contributed by atoms with Crippen molar-refractivity contribution in [2.45, 2.75) is 32.4 Å². The van der Waals surface area contributed by atoms with Crippen molar-refractivity contribution in [3.05, 3.63) is 41.9 Å². The number of furan rings is 1. The third kappa shape index (κ3) is 2.78. The first kappa shape index (κ1) is 14.8. The van der Waals surface area contributed by atoms with Gasteiger partial charge in [-0.1, -0.05) is 0 Å². The van der Waals surface area contributed by atoms with Crippen LogP contribution in [0, 0.1) is 6.92 Å². The lowest BCUT2D eigenvalue weighted by molar-refractivity contribution is 0.0640. The van der Waals surface area contributed by atoms with Crippen LogP contribution in [0.25, 0.3) is 0 Å². The number of rotatable bonds is 4. The molecular weight excluding hydrogens is 282 g/mol. The minimum Gasteiger partial charge on any atom is -0.459 e. The quantitative estimate of drug-likeness (QED) is 0.870. The summed E-state index contributed by atoms with van der Waals surface area (Å²) >= 11 is 0. The second kappa shape index (κ2) is 6.36. The van der Waals surface area contributed by atoms with E-state index in [0.29, 0.717) is 18.9 Å². The molecule has 0 radical (unpaired) electrons. The molecule has 118 valence electrons. The molecule has 0 spiro atoms. The van der Waals surface area contributed by atoms with E-state index in [4.69, 9.17) is 9.15 Å². The van der Waals surface area contributed by atoms with Gasteiger partial charge in [0.15, 0.2) is 5.76 Å². The first-order valence-corrected chi connectivity index (χ1v) is 7.55. The maximum absolute atomic E-state index is 12.5. The maximum Gasteiger partial charge on any atom is 0.289 e. The van der Waals surface area contributed by atoms with Crippen LogP contribution < -0.4 is 0 Å². The number of carbonyl (C=O) groups excluding carboxylic acids is 1. The van der Waals surface area contributed by atoms with E-state index in [0.717, 1.165) is 30.9 Å². The highest BCUT2D eigenvalue weighted by atomic mass is 16.5. The molecule has 2 aromatic rings. The first-order valence-electron chi connectivity index (χ1n) is 7.55. The summed E-state index contributed by atoms with van der Waals surface area (Å²) < 4.78 is 12.7. The Morgan fingerprint density at radius 1 is 1.55 bits per heavy atom. The summed E-state index contributed by atoms with van der Waals surface area (Å²) in [6.07, 6.45) is 5.41. The van der Waals surface area contributed by atoms with Crippen molar-refractivity contribution in [3.8, 4) is 0 Å². The van der Waals surface area contributed by atoms with E-state index in [2.05, 4.69) is 9.55 Å². The maximum atomic E-state index is 12.5. The lowest BCUT2D eigenvalue weighted by atomic mass is 10.0. The van der Waals surface area contributed by atoms with Crippen LogP contribution in [-0.2, 0) is 11.3 Å². The van der Waals surface area contributed by atoms with Gasteiger partial charge in [-0.15, -0.1) is 0 Å². The van der Waals surface area contributed by atoms with Crippen molar-refractivity contribution in [1.82, 2.24) is 14.5 Å². The third-order valence-electron chi connectivity index (χ3n) is 4.11. The van der Waals surface area contributed by atoms with E-state index in [-0.39, 0.29) is 11.9 Å². The largest absolute Gasteiger partial charge is 0.459 e. The molecule has 1 saturated heterocycles. The zero-order chi connectivity index (χ0) is 15.5. The first-order chi connectivity index (χ1) is 10.7. The predicted molar refractivity (Wildman–Crippen MR) is 80.6 cm³/mol. The van der Waals surface area contributed by atoms with Crippen LogP contribution in [0.4, 0.5) is 0 Å². The van der Waals surface area contributed by atoms with Crippen molar-refractivity contribution < 1.29 is 13.9 Å². The van der Waals surface area contributed by atoms with Crippen molar-refractivity contribution >= 4 is 5.91 Å². The second-order valence-electron chi connectivity index (χ2n) is 5.64. The lowest BCUT2D eigenvalue weighted by Gasteiger charge is -2.34. The summed E-state index contributed by atoms with van der Waals surface area (Å²) in [6.45, 7) is 3.97. The molecular formula is C16H21N3O3. The van der Waals surface area contributed by atoms with Crippen LogP contribution in [0.1, 0.15) is 41.0 Å². The Hall–Kier alpha value is -2.08. The molecule has 6 nitrogen and oxygen atoms in total. The normalized spacial score (nSPS) is 18.6. The van der Waals surface area contributed by atoms with Gasteiger partial charge in [0.1, 0.15) is 12.4 Å². The SMILES string of the molecule is COCc1ncc(C)n1C1CCCN(C(=O)c2ccco2)C1. The molecule has 0 saturated carbocycles. The number of methoxy groups -OCH3 is 1. The minimum atomic E-state index is -0.0410. The fourth-order valence-corrected chi connectivity index (χ4v) is 3.14. The fourth-order valence-electron chi connectivity index (χ4n) is 3.14. The summed E-state index contributed by atoms with van der Waals surface area (Å²) in [5.74, 6) is 1.28. The zero-order valence-electron chi connectivity index (χ0n) is 13.0. The van der Waals surface area contributed by atoms with Gasteiger partial charge in [0.25, 0.3) is 5.91 Å². The number of piperidine rings is 1. The number of ether oxygens (including phenoxy) is 1. The van der Waals surface area contributed by atoms with Crippen LogP contribution >= 0.6 is 0 Å². The van der Waals surface area contributed by atoms with Gasteiger partial charge in [0, 0.05) is 32.1 Å². The molecule has 1 aliphatic heterocycles. The molecule has 1 aliphatic rings. The molecule has 22 heavy (non-hydrogen) atoms. The van der Waals surface area contributed by atoms with Gasteiger partial charge in [0.2, 0.25) is 0 Å². The summed E-state index contributed by atoms with van der Waals surface area (Å²) in [5.41, 5.74) is 1.10. The molecule has 0 aliphatic carbocycles. The van der Waals surface area contributed by atoms with E-state index < -0.39 is 0 Å². The Bertz CT molecular complexity index is 633. The Morgan fingerprint density at radius 3 is 3.14 bits per heavy atom. The predicted octanol–water partition coefficient (Wildman–Crippen LogP) is 2.41. The molecule has 1 atom stereocenters. The van der Waals surface area contributed by atoms with E-state index in [1.54, 1.807) is 19.2 Å². The molecule has 2 aromatic heterocycles. The van der Waals surface area contributed by atoms with Crippen LogP contribution in [0.5, 0.6) is 0 Å². The molecule has 6 heteroatoms. The van der Waals surface area contributed by atoms with Gasteiger partial charge in [-0.25, -0.2) is 4.98 Å². The highest BCUT2D eigenvalue weighted by Gasteiger charge is 2.28. The second-order valence-corrected chi connectivity index (χ2v) is 5.64. The number of imidazole rings is 1. The van der Waals surface area contributed by atoms with Crippen molar-refractivity contribution in [2.24, 2.45) is 0 Å². The van der Waals surface area contributed by atoms with Gasteiger partial charge in [-0.05, 0) is 31.9 Å². The van der Waals surface area contributed by atoms with Crippen molar-refractivity contribution in [1.29, 1.82) is 0 Å². The number of nitrogens with zero attached hydrogens (tertiary/aromatic N) is 3. The van der Waals surface area contributed by atoms with Gasteiger partial charge < -0.3 is 18.6 Å². The van der Waals surface area contributed by atoms with Gasteiger partial charge in [-0.2, -0.15) is 0 Å². The van der Waals surface area contributed by atoms with Crippen LogP contribution in [0.15, 0.2) is 29.0 Å². The molecule has 0 bridgehead atoms. The van der Waals surface area contributed by atoms with E-state index in [1.165, 1.54) is 6.26 Å². The Kier molecular flexibility index (Phi) is 4.29. The van der Waals surface area contributed by atoms with E-state index in [9.17, 15) is 4.79 Å². The number of aromatic nitrogens is 2. The highest BCUT2D eigenvalue weighted by molar-refractivity contribution is 5.91. The van der Waals surface area contributed by atoms with E-state index in [1.807, 2.05) is 18.0 Å². The molecule has 1 amide bonds. The summed E-state index contributed by atoms with van der Waals surface area (Å²) in [4.78, 5) is 18.7. The number of hydrogen-bond donors (Lipinski definition) is 0. The van der Waals surface area contributed by atoms with Crippen molar-refractivity contribution in [3.63, 3.8) is 0 Å². The number of likely N-dealkylation sites (tertiary alicyclic amines) is 1. The molecule has 1 unspecified atom stereocenters. The minimum absolute atomic E-state index is 0.0410. The molecule has 0 aromatic carbocycles.